The maximum absolute atomic E-state index is 12.9. The second-order valence-corrected chi connectivity index (χ2v) is 7.44. The van der Waals surface area contributed by atoms with Gasteiger partial charge in [0, 0.05) is 12.1 Å². The fraction of sp³-hybridized carbons (Fsp3) is 0.381. The molecule has 0 spiro atoms. The van der Waals surface area contributed by atoms with Crippen LogP contribution in [0.25, 0.3) is 0 Å². The van der Waals surface area contributed by atoms with E-state index < -0.39 is 36.8 Å². The van der Waals surface area contributed by atoms with Gasteiger partial charge in [-0.05, 0) is 24.6 Å². The molecule has 6 atom stereocenters. The molecule has 0 bridgehead atoms. The van der Waals surface area contributed by atoms with Crippen LogP contribution in [-0.2, 0) is 4.74 Å². The number of ketones is 1. The molecule has 2 aliphatic rings. The number of rotatable bonds is 3. The van der Waals surface area contributed by atoms with Crippen molar-refractivity contribution in [3.63, 3.8) is 0 Å². The third kappa shape index (κ3) is 3.68. The number of carbonyl (C=O) groups excluding carboxylic acids is 1. The minimum Gasteiger partial charge on any atom is -0.508 e. The van der Waals surface area contributed by atoms with Gasteiger partial charge in [0.2, 0.25) is 6.29 Å². The second kappa shape index (κ2) is 7.77. The lowest BCUT2D eigenvalue weighted by atomic mass is 9.95. The summed E-state index contributed by atoms with van der Waals surface area (Å²) in [7, 11) is 0. The molecule has 1 saturated heterocycles. The van der Waals surface area contributed by atoms with Gasteiger partial charge in [0.05, 0.1) is 12.5 Å². The number of ether oxygens (including phenoxy) is 3. The van der Waals surface area contributed by atoms with Gasteiger partial charge >= 0.3 is 0 Å². The molecular weight excluding hydrogens is 396 g/mol. The number of carbonyl (C=O) groups is 1. The van der Waals surface area contributed by atoms with Crippen LogP contribution >= 0.6 is 0 Å². The number of hydrogen-bond acceptors (Lipinski definition) is 9. The van der Waals surface area contributed by atoms with Crippen LogP contribution in [-0.4, -0.2) is 62.0 Å². The van der Waals surface area contributed by atoms with E-state index in [1.165, 1.54) is 31.2 Å². The molecule has 160 valence electrons. The highest BCUT2D eigenvalue weighted by Crippen LogP contribution is 2.43. The van der Waals surface area contributed by atoms with Crippen molar-refractivity contribution in [2.24, 2.45) is 0 Å². The zero-order valence-corrected chi connectivity index (χ0v) is 16.0. The third-order valence-electron chi connectivity index (χ3n) is 5.29. The Morgan fingerprint density at radius 1 is 0.967 bits per heavy atom. The molecule has 0 aliphatic carbocycles. The normalized spacial score (nSPS) is 31.0. The summed E-state index contributed by atoms with van der Waals surface area (Å²) in [4.78, 5) is 12.9. The van der Waals surface area contributed by atoms with Gasteiger partial charge in [-0.1, -0.05) is 12.1 Å². The molecule has 2 aromatic carbocycles. The Morgan fingerprint density at radius 2 is 1.67 bits per heavy atom. The molecule has 5 N–H and O–H groups in total. The van der Waals surface area contributed by atoms with E-state index in [9.17, 15) is 30.3 Å². The smallest absolute Gasteiger partial charge is 0.229 e. The van der Waals surface area contributed by atoms with Crippen molar-refractivity contribution in [3.8, 4) is 23.0 Å². The maximum Gasteiger partial charge on any atom is 0.229 e. The zero-order valence-electron chi connectivity index (χ0n) is 16.0. The monoisotopic (exact) mass is 418 g/mol. The van der Waals surface area contributed by atoms with Crippen LogP contribution in [0.4, 0.5) is 0 Å². The first-order valence-electron chi connectivity index (χ1n) is 9.46. The van der Waals surface area contributed by atoms with E-state index in [0.717, 1.165) is 0 Å². The first-order valence-corrected chi connectivity index (χ1v) is 9.46. The predicted molar refractivity (Wildman–Crippen MR) is 102 cm³/mol. The molecule has 0 saturated carbocycles. The van der Waals surface area contributed by atoms with Crippen molar-refractivity contribution in [2.45, 2.75) is 50.2 Å². The number of benzene rings is 2. The Morgan fingerprint density at radius 3 is 2.37 bits per heavy atom. The third-order valence-corrected chi connectivity index (χ3v) is 5.29. The lowest BCUT2D eigenvalue weighted by Crippen LogP contribution is -2.58. The van der Waals surface area contributed by atoms with Crippen molar-refractivity contribution >= 4 is 5.78 Å². The SMILES string of the molecule is C[C@@H]1O[C@@H](Oc2cc(O)cc3c2C(=O)C[C@@H](c2ccc(O)cc2)O3)[C@H](O)[C@H](O)[C@H]1O. The Balaban J connectivity index is 1.63. The van der Waals surface area contributed by atoms with Crippen LogP contribution < -0.4 is 9.47 Å². The van der Waals surface area contributed by atoms with Gasteiger partial charge in [-0.2, -0.15) is 0 Å². The first kappa shape index (κ1) is 20.4. The van der Waals surface area contributed by atoms with Crippen LogP contribution in [0.1, 0.15) is 35.4 Å². The molecule has 30 heavy (non-hydrogen) atoms. The van der Waals surface area contributed by atoms with E-state index in [1.54, 1.807) is 12.1 Å². The van der Waals surface area contributed by atoms with Gasteiger partial charge in [0.1, 0.15) is 53.0 Å². The first-order chi connectivity index (χ1) is 14.2. The average Bonchev–Trinajstić information content (AvgIpc) is 2.70. The Bertz CT molecular complexity index is 942. The van der Waals surface area contributed by atoms with Crippen molar-refractivity contribution in [1.82, 2.24) is 0 Å². The standard InChI is InChI=1S/C21H22O9/c1-9-18(25)19(26)20(27)21(28-9)30-16-7-12(23)6-15-17(16)13(24)8-14(29-15)10-2-4-11(22)5-3-10/h2-7,9,14,18-23,25-27H,8H2,1H3/t9-,14-,18-,19+,20+,21-/m0/s1. The van der Waals surface area contributed by atoms with Crippen molar-refractivity contribution in [2.75, 3.05) is 0 Å². The maximum atomic E-state index is 12.9. The van der Waals surface area contributed by atoms with E-state index >= 15 is 0 Å². The molecule has 2 heterocycles. The van der Waals surface area contributed by atoms with E-state index in [0.29, 0.717) is 5.56 Å². The average molecular weight is 418 g/mol. The highest BCUT2D eigenvalue weighted by Gasteiger charge is 2.44. The van der Waals surface area contributed by atoms with Crippen molar-refractivity contribution in [3.05, 3.63) is 47.5 Å². The van der Waals surface area contributed by atoms with E-state index in [-0.39, 0.29) is 40.8 Å². The molecule has 0 aromatic heterocycles. The minimum atomic E-state index is -1.57. The largest absolute Gasteiger partial charge is 0.508 e. The van der Waals surface area contributed by atoms with Gasteiger partial charge in [-0.3, -0.25) is 4.79 Å². The van der Waals surface area contributed by atoms with E-state index in [1.807, 2.05) is 0 Å². The lowest BCUT2D eigenvalue weighted by molar-refractivity contribution is -0.268. The molecule has 9 heteroatoms. The topological polar surface area (TPSA) is 146 Å². The fourth-order valence-electron chi connectivity index (χ4n) is 3.61. The van der Waals surface area contributed by atoms with Crippen LogP contribution in [0.5, 0.6) is 23.0 Å². The number of fused-ring (bicyclic) bond motifs is 1. The molecule has 9 nitrogen and oxygen atoms in total. The number of aliphatic hydroxyl groups is 3. The highest BCUT2D eigenvalue weighted by atomic mass is 16.7. The number of aliphatic hydroxyl groups excluding tert-OH is 3. The zero-order chi connectivity index (χ0) is 21.6. The van der Waals surface area contributed by atoms with Crippen molar-refractivity contribution < 1.29 is 44.5 Å². The number of aromatic hydroxyl groups is 2. The van der Waals surface area contributed by atoms with Gasteiger partial charge in [-0.25, -0.2) is 0 Å². The van der Waals surface area contributed by atoms with Crippen molar-refractivity contribution in [1.29, 1.82) is 0 Å². The number of phenols is 2. The summed E-state index contributed by atoms with van der Waals surface area (Å²) in [5, 5.41) is 49.5. The number of Topliss-reactive ketones (excluding diaryl/α,β-unsaturated/α-hetero) is 1. The molecule has 1 fully saturated rings. The Labute approximate surface area is 171 Å². The summed E-state index contributed by atoms with van der Waals surface area (Å²) in [6.07, 6.45) is -7.19. The summed E-state index contributed by atoms with van der Waals surface area (Å²) in [5.74, 6) is -0.440. The Hall–Kier alpha value is -2.85. The van der Waals surface area contributed by atoms with Crippen LogP contribution in [0.15, 0.2) is 36.4 Å². The van der Waals surface area contributed by atoms with Gasteiger partial charge in [0.15, 0.2) is 5.78 Å². The molecule has 0 radical (unpaired) electrons. The van der Waals surface area contributed by atoms with E-state index in [4.69, 9.17) is 14.2 Å². The quantitative estimate of drug-likeness (QED) is 0.493. The minimum absolute atomic E-state index is 0.00920. The molecule has 2 aromatic rings. The fourth-order valence-corrected chi connectivity index (χ4v) is 3.61. The van der Waals surface area contributed by atoms with Gasteiger partial charge in [0.25, 0.3) is 0 Å². The van der Waals surface area contributed by atoms with Crippen LogP contribution in [0, 0.1) is 0 Å². The molecule has 4 rings (SSSR count). The summed E-state index contributed by atoms with van der Waals surface area (Å²) in [6.45, 7) is 1.50. The summed E-state index contributed by atoms with van der Waals surface area (Å²) < 4.78 is 16.9. The van der Waals surface area contributed by atoms with Crippen LogP contribution in [0.2, 0.25) is 0 Å². The van der Waals surface area contributed by atoms with Crippen LogP contribution in [0.3, 0.4) is 0 Å². The van der Waals surface area contributed by atoms with Gasteiger partial charge < -0.3 is 39.7 Å². The summed E-state index contributed by atoms with van der Waals surface area (Å²) in [6, 6.07) is 8.72. The number of hydrogen-bond donors (Lipinski definition) is 5. The number of phenolic OH excluding ortho intramolecular Hbond substituents is 2. The molecule has 0 unspecified atom stereocenters. The molecular formula is C21H22O9. The summed E-state index contributed by atoms with van der Waals surface area (Å²) in [5.41, 5.74) is 0.751. The lowest BCUT2D eigenvalue weighted by Gasteiger charge is -2.39. The van der Waals surface area contributed by atoms with E-state index in [2.05, 4.69) is 0 Å². The predicted octanol–water partition coefficient (Wildman–Crippen LogP) is 1.01. The highest BCUT2D eigenvalue weighted by molar-refractivity contribution is 6.02. The molecule has 0 amide bonds. The second-order valence-electron chi connectivity index (χ2n) is 7.44. The van der Waals surface area contributed by atoms with Gasteiger partial charge in [-0.15, -0.1) is 0 Å². The Kier molecular flexibility index (Phi) is 5.29. The molecule has 2 aliphatic heterocycles. The summed E-state index contributed by atoms with van der Waals surface area (Å²) >= 11 is 0.